The van der Waals surface area contributed by atoms with Gasteiger partial charge in [0.15, 0.2) is 0 Å². The van der Waals surface area contributed by atoms with Crippen LogP contribution in [0, 0.1) is 0 Å². The largest absolute Gasteiger partial charge is 0.0646 e. The molecule has 0 aliphatic rings. The Balaban J connectivity index is 2.80. The zero-order valence-corrected chi connectivity index (χ0v) is 13.2. The highest BCUT2D eigenvalue weighted by Gasteiger charge is 2.23. The molecule has 0 saturated carbocycles. The summed E-state index contributed by atoms with van der Waals surface area (Å²) in [5, 5.41) is 2.77. The van der Waals surface area contributed by atoms with Crippen LogP contribution < -0.4 is 0 Å². The minimum Gasteiger partial charge on any atom is -0.0646 e. The number of fused-ring (bicyclic) bond motifs is 1. The van der Waals surface area contributed by atoms with Crippen molar-refractivity contribution >= 4 is 10.8 Å². The molecule has 102 valence electrons. The summed E-state index contributed by atoms with van der Waals surface area (Å²) in [7, 11) is 0. The van der Waals surface area contributed by atoms with E-state index in [2.05, 4.69) is 77.9 Å². The molecule has 0 radical (unpaired) electrons. The third-order valence-corrected chi connectivity index (χ3v) is 4.34. The second kappa shape index (κ2) is 4.67. The minimum atomic E-state index is 0.197. The van der Waals surface area contributed by atoms with E-state index < -0.39 is 0 Å². The van der Waals surface area contributed by atoms with Gasteiger partial charge in [0.05, 0.1) is 0 Å². The third kappa shape index (κ3) is 2.68. The highest BCUT2D eigenvalue weighted by Crippen LogP contribution is 2.36. The molecular formula is C19H26. The molecule has 0 aliphatic heterocycles. The number of benzene rings is 2. The van der Waals surface area contributed by atoms with E-state index in [9.17, 15) is 0 Å². The van der Waals surface area contributed by atoms with Crippen LogP contribution in [0.3, 0.4) is 0 Å². The molecule has 0 aliphatic carbocycles. The van der Waals surface area contributed by atoms with E-state index in [1.165, 1.54) is 21.9 Å². The molecule has 19 heavy (non-hydrogen) atoms. The summed E-state index contributed by atoms with van der Waals surface area (Å²) in [6, 6.07) is 13.6. The van der Waals surface area contributed by atoms with Crippen LogP contribution in [-0.4, -0.2) is 0 Å². The molecule has 0 bridgehead atoms. The van der Waals surface area contributed by atoms with Crippen molar-refractivity contribution in [1.82, 2.24) is 0 Å². The number of hydrogen-bond donors (Lipinski definition) is 0. The predicted octanol–water partition coefficient (Wildman–Crippen LogP) is 5.82. The first-order chi connectivity index (χ1) is 8.75. The molecule has 0 amide bonds. The maximum Gasteiger partial charge on any atom is -0.00999 e. The second-order valence-corrected chi connectivity index (χ2v) is 7.23. The van der Waals surface area contributed by atoms with Crippen molar-refractivity contribution in [2.75, 3.05) is 0 Å². The molecule has 0 fully saturated rings. The van der Waals surface area contributed by atoms with E-state index in [1.807, 2.05) is 0 Å². The van der Waals surface area contributed by atoms with Crippen molar-refractivity contribution in [3.63, 3.8) is 0 Å². The van der Waals surface area contributed by atoms with Gasteiger partial charge in [0.1, 0.15) is 0 Å². The van der Waals surface area contributed by atoms with E-state index >= 15 is 0 Å². The van der Waals surface area contributed by atoms with Gasteiger partial charge in [-0.25, -0.2) is 0 Å². The molecule has 0 saturated heterocycles. The molecule has 0 nitrogen and oxygen atoms in total. The van der Waals surface area contributed by atoms with Crippen LogP contribution in [0.5, 0.6) is 0 Å². The van der Waals surface area contributed by atoms with Crippen molar-refractivity contribution in [3.8, 4) is 0 Å². The Hall–Kier alpha value is -1.30. The van der Waals surface area contributed by atoms with Crippen LogP contribution in [0.15, 0.2) is 36.4 Å². The van der Waals surface area contributed by atoms with Gasteiger partial charge >= 0.3 is 0 Å². The molecular weight excluding hydrogens is 228 g/mol. The molecule has 2 aromatic rings. The summed E-state index contributed by atoms with van der Waals surface area (Å²) in [5.74, 6) is 0. The summed E-state index contributed by atoms with van der Waals surface area (Å²) in [4.78, 5) is 0. The molecule has 0 spiro atoms. The lowest BCUT2D eigenvalue weighted by Gasteiger charge is -2.29. The maximum absolute atomic E-state index is 2.42. The molecule has 0 unspecified atom stereocenters. The Morgan fingerprint density at radius 3 is 2.11 bits per heavy atom. The van der Waals surface area contributed by atoms with Gasteiger partial charge in [-0.15, -0.1) is 0 Å². The van der Waals surface area contributed by atoms with E-state index in [1.54, 1.807) is 0 Å². The van der Waals surface area contributed by atoms with Gasteiger partial charge in [0.2, 0.25) is 0 Å². The smallest absolute Gasteiger partial charge is 0.00999 e. The Labute approximate surface area is 117 Å². The topological polar surface area (TPSA) is 0 Å². The lowest BCUT2D eigenvalue weighted by molar-refractivity contribution is 0.507. The van der Waals surface area contributed by atoms with Crippen LogP contribution >= 0.6 is 0 Å². The van der Waals surface area contributed by atoms with E-state index in [-0.39, 0.29) is 10.8 Å². The fourth-order valence-corrected chi connectivity index (χ4v) is 2.49. The SMILES string of the molecule is CCC(C)(C)c1cc(C(C)(C)C)cc2ccccc12. The van der Waals surface area contributed by atoms with Crippen LogP contribution in [-0.2, 0) is 10.8 Å². The van der Waals surface area contributed by atoms with Crippen LogP contribution in [0.4, 0.5) is 0 Å². The highest BCUT2D eigenvalue weighted by atomic mass is 14.3. The number of hydrogen-bond acceptors (Lipinski definition) is 0. The summed E-state index contributed by atoms with van der Waals surface area (Å²) in [5.41, 5.74) is 3.34. The Morgan fingerprint density at radius 2 is 1.53 bits per heavy atom. The molecule has 2 rings (SSSR count). The van der Waals surface area contributed by atoms with Crippen molar-refractivity contribution in [1.29, 1.82) is 0 Å². The Bertz CT molecular complexity index is 583. The van der Waals surface area contributed by atoms with Gasteiger partial charge in [-0.2, -0.15) is 0 Å². The Kier molecular flexibility index (Phi) is 3.47. The molecule has 0 atom stereocenters. The molecule has 0 heterocycles. The molecule has 0 aromatic heterocycles. The van der Waals surface area contributed by atoms with Gasteiger partial charge in [-0.1, -0.05) is 77.9 Å². The first kappa shape index (κ1) is 14.1. The zero-order valence-electron chi connectivity index (χ0n) is 13.2. The van der Waals surface area contributed by atoms with Gasteiger partial charge in [-0.3, -0.25) is 0 Å². The lowest BCUT2D eigenvalue weighted by Crippen LogP contribution is -2.19. The van der Waals surface area contributed by atoms with Crippen molar-refractivity contribution in [3.05, 3.63) is 47.5 Å². The number of rotatable bonds is 2. The average molecular weight is 254 g/mol. The summed E-state index contributed by atoms with van der Waals surface area (Å²) >= 11 is 0. The minimum absolute atomic E-state index is 0.197. The second-order valence-electron chi connectivity index (χ2n) is 7.23. The lowest BCUT2D eigenvalue weighted by atomic mass is 9.76. The average Bonchev–Trinajstić information content (AvgIpc) is 2.36. The van der Waals surface area contributed by atoms with E-state index in [0.717, 1.165) is 6.42 Å². The Morgan fingerprint density at radius 1 is 0.895 bits per heavy atom. The van der Waals surface area contributed by atoms with Gasteiger partial charge in [-0.05, 0) is 39.2 Å². The molecule has 0 N–H and O–H groups in total. The van der Waals surface area contributed by atoms with Crippen molar-refractivity contribution in [2.45, 2.75) is 58.8 Å². The van der Waals surface area contributed by atoms with Crippen LogP contribution in [0.25, 0.3) is 10.8 Å². The van der Waals surface area contributed by atoms with Crippen molar-refractivity contribution in [2.24, 2.45) is 0 Å². The van der Waals surface area contributed by atoms with Gasteiger partial charge in [0, 0.05) is 0 Å². The van der Waals surface area contributed by atoms with Gasteiger partial charge < -0.3 is 0 Å². The van der Waals surface area contributed by atoms with Gasteiger partial charge in [0.25, 0.3) is 0 Å². The van der Waals surface area contributed by atoms with Crippen molar-refractivity contribution < 1.29 is 0 Å². The van der Waals surface area contributed by atoms with Crippen LogP contribution in [0.1, 0.15) is 59.1 Å². The quantitative estimate of drug-likeness (QED) is 0.633. The molecule has 2 aromatic carbocycles. The monoisotopic (exact) mass is 254 g/mol. The van der Waals surface area contributed by atoms with E-state index in [4.69, 9.17) is 0 Å². The summed E-state index contributed by atoms with van der Waals surface area (Å²) in [6.07, 6.45) is 1.16. The first-order valence-electron chi connectivity index (χ1n) is 7.29. The molecule has 0 heteroatoms. The third-order valence-electron chi connectivity index (χ3n) is 4.34. The van der Waals surface area contributed by atoms with Crippen LogP contribution in [0.2, 0.25) is 0 Å². The standard InChI is InChI=1S/C19H26/c1-7-19(5,6)17-13-15(18(2,3)4)12-14-10-8-9-11-16(14)17/h8-13H,7H2,1-6H3. The highest BCUT2D eigenvalue weighted by molar-refractivity contribution is 5.87. The normalized spacial score (nSPS) is 12.9. The predicted molar refractivity (Wildman–Crippen MR) is 86.0 cm³/mol. The summed E-state index contributed by atoms with van der Waals surface area (Å²) in [6.45, 7) is 13.8. The maximum atomic E-state index is 2.42. The van der Waals surface area contributed by atoms with E-state index in [0.29, 0.717) is 0 Å². The fraction of sp³-hybridized carbons (Fsp3) is 0.474. The summed E-state index contributed by atoms with van der Waals surface area (Å²) < 4.78 is 0. The fourth-order valence-electron chi connectivity index (χ4n) is 2.49. The zero-order chi connectivity index (χ0) is 14.3. The first-order valence-corrected chi connectivity index (χ1v) is 7.29.